The minimum Gasteiger partial charge on any atom is -0.319 e. The number of hydrogen-bond acceptors (Lipinski definition) is 7. The lowest BCUT2D eigenvalue weighted by molar-refractivity contribution is 0.102. The Morgan fingerprint density at radius 2 is 1.96 bits per heavy atom. The second kappa shape index (κ2) is 6.81. The van der Waals surface area contributed by atoms with Gasteiger partial charge >= 0.3 is 0 Å². The van der Waals surface area contributed by atoms with Crippen LogP contribution >= 0.6 is 11.3 Å². The van der Waals surface area contributed by atoms with Crippen molar-refractivity contribution in [2.24, 2.45) is 0 Å². The molecule has 0 atom stereocenters. The van der Waals surface area contributed by atoms with Gasteiger partial charge in [-0.2, -0.15) is 0 Å². The number of nitrogens with zero attached hydrogens (tertiary/aromatic N) is 6. The lowest BCUT2D eigenvalue weighted by Gasteiger charge is -2.06. The highest BCUT2D eigenvalue weighted by atomic mass is 32.1. The third-order valence-corrected chi connectivity index (χ3v) is 4.41. The quantitative estimate of drug-likeness (QED) is 0.599. The van der Waals surface area contributed by atoms with E-state index in [0.29, 0.717) is 22.2 Å². The van der Waals surface area contributed by atoms with E-state index in [2.05, 4.69) is 30.2 Å². The highest BCUT2D eigenvalue weighted by molar-refractivity contribution is 7.13. The summed E-state index contributed by atoms with van der Waals surface area (Å²) >= 11 is 1.32. The number of rotatable bonds is 4. The van der Waals surface area contributed by atoms with Crippen molar-refractivity contribution in [1.29, 1.82) is 0 Å². The normalized spacial score (nSPS) is 10.7. The summed E-state index contributed by atoms with van der Waals surface area (Å²) in [6.07, 6.45) is 8.42. The first-order chi connectivity index (χ1) is 12.7. The number of nitrogens with one attached hydrogen (secondary N) is 1. The summed E-state index contributed by atoms with van der Waals surface area (Å²) in [4.78, 5) is 33.5. The van der Waals surface area contributed by atoms with E-state index < -0.39 is 0 Å². The van der Waals surface area contributed by atoms with Gasteiger partial charge in [-0.15, -0.1) is 11.3 Å². The van der Waals surface area contributed by atoms with E-state index in [1.807, 2.05) is 23.8 Å². The van der Waals surface area contributed by atoms with Crippen molar-refractivity contribution < 1.29 is 4.79 Å². The Balaban J connectivity index is 1.48. The van der Waals surface area contributed by atoms with Crippen LogP contribution in [0.25, 0.3) is 16.6 Å². The van der Waals surface area contributed by atoms with Crippen molar-refractivity contribution in [3.05, 3.63) is 66.1 Å². The standard InChI is InChI=1S/C17H13N7OS/c1-11-18-7-8-24(11)14-4-3-12(9-21-14)22-16(25)13-10-26-17(23-13)15-19-5-2-6-20-15/h2-10H,1H3,(H,22,25). The molecule has 0 aliphatic rings. The van der Waals surface area contributed by atoms with E-state index in [9.17, 15) is 4.79 Å². The first-order valence-corrected chi connectivity index (χ1v) is 8.59. The van der Waals surface area contributed by atoms with Gasteiger partial charge in [-0.3, -0.25) is 9.36 Å². The van der Waals surface area contributed by atoms with Gasteiger partial charge in [0.1, 0.15) is 17.3 Å². The number of hydrogen-bond donors (Lipinski definition) is 1. The highest BCUT2D eigenvalue weighted by Gasteiger charge is 2.13. The van der Waals surface area contributed by atoms with Crippen molar-refractivity contribution in [1.82, 2.24) is 29.5 Å². The van der Waals surface area contributed by atoms with Gasteiger partial charge in [-0.25, -0.2) is 24.9 Å². The molecule has 0 fully saturated rings. The Bertz CT molecular complexity index is 1040. The predicted octanol–water partition coefficient (Wildman–Crippen LogP) is 2.74. The summed E-state index contributed by atoms with van der Waals surface area (Å²) in [6, 6.07) is 5.33. The molecular weight excluding hydrogens is 350 g/mol. The molecule has 1 N–H and O–H groups in total. The summed E-state index contributed by atoms with van der Waals surface area (Å²) in [6.45, 7) is 1.90. The van der Waals surface area contributed by atoms with E-state index in [-0.39, 0.29) is 5.91 Å². The Morgan fingerprint density at radius 1 is 1.12 bits per heavy atom. The van der Waals surface area contributed by atoms with Crippen molar-refractivity contribution >= 4 is 22.9 Å². The largest absolute Gasteiger partial charge is 0.319 e. The van der Waals surface area contributed by atoms with Crippen LogP contribution in [0.15, 0.2) is 54.6 Å². The molecular formula is C17H13N7OS. The van der Waals surface area contributed by atoms with Crippen LogP contribution in [-0.2, 0) is 0 Å². The number of anilines is 1. The van der Waals surface area contributed by atoms with Crippen molar-refractivity contribution in [2.45, 2.75) is 6.92 Å². The molecule has 0 bridgehead atoms. The first-order valence-electron chi connectivity index (χ1n) is 7.71. The lowest BCUT2D eigenvalue weighted by atomic mass is 10.3. The fourth-order valence-electron chi connectivity index (χ4n) is 2.31. The maximum absolute atomic E-state index is 12.4. The third-order valence-electron chi connectivity index (χ3n) is 3.57. The molecule has 0 spiro atoms. The molecule has 4 aromatic rings. The van der Waals surface area contributed by atoms with Gasteiger partial charge in [0, 0.05) is 30.2 Å². The average Bonchev–Trinajstić information content (AvgIpc) is 3.32. The molecule has 4 rings (SSSR count). The number of carbonyl (C=O) groups is 1. The van der Waals surface area contributed by atoms with Gasteiger partial charge in [0.15, 0.2) is 10.8 Å². The minimum atomic E-state index is -0.309. The number of pyridine rings is 1. The Morgan fingerprint density at radius 3 is 2.65 bits per heavy atom. The molecule has 0 aliphatic carbocycles. The second-order valence-corrected chi connectivity index (χ2v) is 6.17. The number of imidazole rings is 1. The molecule has 0 saturated carbocycles. The van der Waals surface area contributed by atoms with Gasteiger partial charge in [0.2, 0.25) is 0 Å². The van der Waals surface area contributed by atoms with E-state index >= 15 is 0 Å². The van der Waals surface area contributed by atoms with Gasteiger partial charge in [-0.05, 0) is 25.1 Å². The van der Waals surface area contributed by atoms with E-state index in [0.717, 1.165) is 11.6 Å². The van der Waals surface area contributed by atoms with Crippen LogP contribution in [0.1, 0.15) is 16.3 Å². The van der Waals surface area contributed by atoms with Gasteiger partial charge in [0.25, 0.3) is 5.91 Å². The maximum atomic E-state index is 12.4. The zero-order valence-corrected chi connectivity index (χ0v) is 14.5. The molecule has 0 saturated heterocycles. The Labute approximate surface area is 152 Å². The predicted molar refractivity (Wildman–Crippen MR) is 97.2 cm³/mol. The van der Waals surface area contributed by atoms with Crippen molar-refractivity contribution in [2.75, 3.05) is 5.32 Å². The summed E-state index contributed by atoms with van der Waals surface area (Å²) in [7, 11) is 0. The van der Waals surface area contributed by atoms with Crippen LogP contribution in [0.4, 0.5) is 5.69 Å². The molecule has 26 heavy (non-hydrogen) atoms. The van der Waals surface area contributed by atoms with Crippen LogP contribution in [0.5, 0.6) is 0 Å². The molecule has 0 aromatic carbocycles. The average molecular weight is 363 g/mol. The molecule has 0 radical (unpaired) electrons. The van der Waals surface area contributed by atoms with Gasteiger partial charge in [0.05, 0.1) is 11.9 Å². The first kappa shape index (κ1) is 16.0. The molecule has 9 heteroatoms. The minimum absolute atomic E-state index is 0.309. The Kier molecular flexibility index (Phi) is 4.20. The SMILES string of the molecule is Cc1nccn1-c1ccc(NC(=O)c2csc(-c3ncccn3)n2)cn1. The number of amides is 1. The van der Waals surface area contributed by atoms with Crippen molar-refractivity contribution in [3.8, 4) is 16.6 Å². The second-order valence-electron chi connectivity index (χ2n) is 5.31. The zero-order chi connectivity index (χ0) is 17.9. The molecule has 8 nitrogen and oxygen atoms in total. The number of aryl methyl sites for hydroxylation is 1. The van der Waals surface area contributed by atoms with Crippen LogP contribution < -0.4 is 5.32 Å². The monoisotopic (exact) mass is 363 g/mol. The van der Waals surface area contributed by atoms with Gasteiger partial charge in [-0.1, -0.05) is 0 Å². The van der Waals surface area contributed by atoms with Gasteiger partial charge < -0.3 is 5.32 Å². The van der Waals surface area contributed by atoms with E-state index in [4.69, 9.17) is 0 Å². The third kappa shape index (κ3) is 3.20. The fraction of sp³-hybridized carbons (Fsp3) is 0.0588. The van der Waals surface area contributed by atoms with Crippen LogP contribution in [0.2, 0.25) is 0 Å². The Hall–Kier alpha value is -3.46. The summed E-state index contributed by atoms with van der Waals surface area (Å²) < 4.78 is 1.86. The van der Waals surface area contributed by atoms with E-state index in [1.165, 1.54) is 11.3 Å². The fourth-order valence-corrected chi connectivity index (χ4v) is 3.05. The summed E-state index contributed by atoms with van der Waals surface area (Å²) in [5.41, 5.74) is 0.897. The topological polar surface area (TPSA) is 98.5 Å². The zero-order valence-electron chi connectivity index (χ0n) is 13.7. The van der Waals surface area contributed by atoms with Crippen LogP contribution in [-0.4, -0.2) is 35.4 Å². The summed E-state index contributed by atoms with van der Waals surface area (Å²) in [5, 5.41) is 5.06. The number of thiazole rings is 1. The molecule has 4 aromatic heterocycles. The van der Waals surface area contributed by atoms with Crippen molar-refractivity contribution in [3.63, 3.8) is 0 Å². The lowest BCUT2D eigenvalue weighted by Crippen LogP contribution is -2.12. The molecule has 0 aliphatic heterocycles. The molecule has 4 heterocycles. The molecule has 0 unspecified atom stereocenters. The van der Waals surface area contributed by atoms with E-state index in [1.54, 1.807) is 42.3 Å². The highest BCUT2D eigenvalue weighted by Crippen LogP contribution is 2.20. The molecule has 1 amide bonds. The van der Waals surface area contributed by atoms with Crippen LogP contribution in [0, 0.1) is 6.92 Å². The summed E-state index contributed by atoms with van der Waals surface area (Å²) in [5.74, 6) is 1.76. The maximum Gasteiger partial charge on any atom is 0.275 e. The molecule has 128 valence electrons. The number of carbonyl (C=O) groups excluding carboxylic acids is 1. The van der Waals surface area contributed by atoms with Crippen LogP contribution in [0.3, 0.4) is 0 Å². The number of aromatic nitrogens is 6. The smallest absolute Gasteiger partial charge is 0.275 e.